The molecule has 0 aliphatic carbocycles. The first-order chi connectivity index (χ1) is 12.3. The van der Waals surface area contributed by atoms with E-state index in [0.29, 0.717) is 17.0 Å². The number of carbonyl (C=O) groups is 1. The Bertz CT molecular complexity index is 913. The van der Waals surface area contributed by atoms with Crippen LogP contribution in [-0.4, -0.2) is 25.8 Å². The number of amides is 1. The van der Waals surface area contributed by atoms with Gasteiger partial charge in [0.25, 0.3) is 0 Å². The third-order valence-corrected chi connectivity index (χ3v) is 3.78. The van der Waals surface area contributed by atoms with E-state index >= 15 is 0 Å². The SMILES string of the molecule is Cc1noc(C)c1CC(=O)Nc1cc(C(F)(F)F)ccc1-n1cncn1. The van der Waals surface area contributed by atoms with Gasteiger partial charge in [-0.2, -0.15) is 18.3 Å². The molecule has 0 radical (unpaired) electrons. The highest BCUT2D eigenvalue weighted by Crippen LogP contribution is 2.33. The zero-order valence-corrected chi connectivity index (χ0v) is 13.8. The van der Waals surface area contributed by atoms with Crippen LogP contribution in [0.1, 0.15) is 22.6 Å². The highest BCUT2D eigenvalue weighted by Gasteiger charge is 2.31. The summed E-state index contributed by atoms with van der Waals surface area (Å²) in [5.74, 6) is -0.0155. The molecule has 10 heteroatoms. The van der Waals surface area contributed by atoms with Crippen molar-refractivity contribution in [3.63, 3.8) is 0 Å². The minimum absolute atomic E-state index is 0.0258. The summed E-state index contributed by atoms with van der Waals surface area (Å²) in [6, 6.07) is 3.01. The molecule has 1 N–H and O–H groups in total. The van der Waals surface area contributed by atoms with Gasteiger partial charge in [-0.15, -0.1) is 0 Å². The average Bonchev–Trinajstić information content (AvgIpc) is 3.20. The van der Waals surface area contributed by atoms with Crippen LogP contribution in [0.3, 0.4) is 0 Å². The first kappa shape index (κ1) is 17.6. The predicted molar refractivity (Wildman–Crippen MR) is 84.7 cm³/mol. The summed E-state index contributed by atoms with van der Waals surface area (Å²) in [6.07, 6.45) is -2.05. The maximum absolute atomic E-state index is 13.0. The fraction of sp³-hybridized carbons (Fsp3) is 0.250. The van der Waals surface area contributed by atoms with Crippen LogP contribution in [0.5, 0.6) is 0 Å². The van der Waals surface area contributed by atoms with Crippen molar-refractivity contribution in [1.82, 2.24) is 19.9 Å². The van der Waals surface area contributed by atoms with Crippen LogP contribution >= 0.6 is 0 Å². The number of aromatic nitrogens is 4. The second-order valence-electron chi connectivity index (χ2n) is 5.60. The number of hydrogen-bond donors (Lipinski definition) is 1. The highest BCUT2D eigenvalue weighted by atomic mass is 19.4. The number of rotatable bonds is 4. The van der Waals surface area contributed by atoms with E-state index in [-0.39, 0.29) is 17.8 Å². The number of halogens is 3. The van der Waals surface area contributed by atoms with Gasteiger partial charge in [0, 0.05) is 5.56 Å². The van der Waals surface area contributed by atoms with Gasteiger partial charge in [0.1, 0.15) is 18.4 Å². The van der Waals surface area contributed by atoms with E-state index in [1.54, 1.807) is 13.8 Å². The molecule has 0 unspecified atom stereocenters. The molecule has 136 valence electrons. The molecule has 0 saturated carbocycles. The number of aryl methyl sites for hydroxylation is 2. The first-order valence-electron chi connectivity index (χ1n) is 7.53. The molecule has 0 aliphatic rings. The Morgan fingerprint density at radius 2 is 2.08 bits per heavy atom. The highest BCUT2D eigenvalue weighted by molar-refractivity contribution is 5.94. The lowest BCUT2D eigenvalue weighted by molar-refractivity contribution is -0.137. The summed E-state index contributed by atoms with van der Waals surface area (Å²) in [5.41, 5.74) is 0.508. The van der Waals surface area contributed by atoms with Crippen LogP contribution in [0.15, 0.2) is 35.4 Å². The lowest BCUT2D eigenvalue weighted by atomic mass is 10.1. The Morgan fingerprint density at radius 1 is 1.31 bits per heavy atom. The number of carbonyl (C=O) groups excluding carboxylic acids is 1. The van der Waals surface area contributed by atoms with Gasteiger partial charge >= 0.3 is 6.18 Å². The van der Waals surface area contributed by atoms with Gasteiger partial charge in [0.2, 0.25) is 5.91 Å². The van der Waals surface area contributed by atoms with E-state index < -0.39 is 17.6 Å². The van der Waals surface area contributed by atoms with Crippen LogP contribution < -0.4 is 5.32 Å². The smallest absolute Gasteiger partial charge is 0.361 e. The molecule has 0 spiro atoms. The summed E-state index contributed by atoms with van der Waals surface area (Å²) >= 11 is 0. The molecule has 0 saturated heterocycles. The molecule has 0 aliphatic heterocycles. The van der Waals surface area contributed by atoms with E-state index in [4.69, 9.17) is 4.52 Å². The normalized spacial score (nSPS) is 11.6. The number of anilines is 1. The van der Waals surface area contributed by atoms with Crippen molar-refractivity contribution in [2.75, 3.05) is 5.32 Å². The lowest BCUT2D eigenvalue weighted by Gasteiger charge is -2.14. The standard InChI is InChI=1S/C16H14F3N5O2/c1-9-12(10(2)26-23-9)6-15(25)22-13-5-11(16(17,18)19)3-4-14(13)24-8-20-7-21-24/h3-5,7-8H,6H2,1-2H3,(H,22,25). The minimum atomic E-state index is -4.54. The van der Waals surface area contributed by atoms with Gasteiger partial charge in [0.05, 0.1) is 29.1 Å². The summed E-state index contributed by atoms with van der Waals surface area (Å²) < 4.78 is 45.3. The molecule has 2 aromatic heterocycles. The van der Waals surface area contributed by atoms with Crippen molar-refractivity contribution >= 4 is 11.6 Å². The molecule has 0 fully saturated rings. The molecule has 1 amide bonds. The van der Waals surface area contributed by atoms with Crippen molar-refractivity contribution < 1.29 is 22.5 Å². The number of alkyl halides is 3. The zero-order valence-electron chi connectivity index (χ0n) is 13.8. The third kappa shape index (κ3) is 3.58. The second-order valence-corrected chi connectivity index (χ2v) is 5.60. The molecule has 2 heterocycles. The molecule has 3 aromatic rings. The van der Waals surface area contributed by atoms with Crippen LogP contribution in [0.2, 0.25) is 0 Å². The molecule has 26 heavy (non-hydrogen) atoms. The summed E-state index contributed by atoms with van der Waals surface area (Å²) in [4.78, 5) is 16.1. The Kier molecular flexibility index (Phi) is 4.49. The van der Waals surface area contributed by atoms with Crippen LogP contribution in [-0.2, 0) is 17.4 Å². The molecule has 7 nitrogen and oxygen atoms in total. The lowest BCUT2D eigenvalue weighted by Crippen LogP contribution is -2.18. The van der Waals surface area contributed by atoms with E-state index in [9.17, 15) is 18.0 Å². The quantitative estimate of drug-likeness (QED) is 0.768. The monoisotopic (exact) mass is 365 g/mol. The third-order valence-electron chi connectivity index (χ3n) is 3.78. The number of hydrogen-bond acceptors (Lipinski definition) is 5. The largest absolute Gasteiger partial charge is 0.416 e. The molecule has 1 aromatic carbocycles. The molecular weight excluding hydrogens is 351 g/mol. The van der Waals surface area contributed by atoms with E-state index in [1.807, 2.05) is 0 Å². The van der Waals surface area contributed by atoms with Crippen molar-refractivity contribution in [3.05, 3.63) is 53.4 Å². The molecule has 0 bridgehead atoms. The topological polar surface area (TPSA) is 85.8 Å². The first-order valence-corrected chi connectivity index (χ1v) is 7.53. The maximum Gasteiger partial charge on any atom is 0.416 e. The maximum atomic E-state index is 13.0. The van der Waals surface area contributed by atoms with Gasteiger partial charge in [-0.1, -0.05) is 5.16 Å². The molecule has 0 atom stereocenters. The van der Waals surface area contributed by atoms with E-state index in [1.165, 1.54) is 23.4 Å². The van der Waals surface area contributed by atoms with Crippen LogP contribution in [0, 0.1) is 13.8 Å². The zero-order chi connectivity index (χ0) is 18.9. The average molecular weight is 365 g/mol. The Morgan fingerprint density at radius 3 is 2.65 bits per heavy atom. The van der Waals surface area contributed by atoms with E-state index in [0.717, 1.165) is 12.1 Å². The van der Waals surface area contributed by atoms with Gasteiger partial charge < -0.3 is 9.84 Å². The van der Waals surface area contributed by atoms with Gasteiger partial charge in [-0.25, -0.2) is 9.67 Å². The van der Waals surface area contributed by atoms with Gasteiger partial charge in [0.15, 0.2) is 0 Å². The number of benzene rings is 1. The summed E-state index contributed by atoms with van der Waals surface area (Å²) in [7, 11) is 0. The number of nitrogens with zero attached hydrogens (tertiary/aromatic N) is 4. The van der Waals surface area contributed by atoms with Crippen LogP contribution in [0.4, 0.5) is 18.9 Å². The van der Waals surface area contributed by atoms with Gasteiger partial charge in [-0.3, -0.25) is 4.79 Å². The van der Waals surface area contributed by atoms with Crippen molar-refractivity contribution in [2.45, 2.75) is 26.4 Å². The summed E-state index contributed by atoms with van der Waals surface area (Å²) in [5, 5.41) is 10.2. The predicted octanol–water partition coefficient (Wildman–Crippen LogP) is 3.07. The fourth-order valence-electron chi connectivity index (χ4n) is 2.45. The Labute approximate surface area is 145 Å². The van der Waals surface area contributed by atoms with E-state index in [2.05, 4.69) is 20.6 Å². The van der Waals surface area contributed by atoms with Crippen molar-refractivity contribution in [3.8, 4) is 5.69 Å². The van der Waals surface area contributed by atoms with Crippen molar-refractivity contribution in [1.29, 1.82) is 0 Å². The molecular formula is C16H14F3N5O2. The second kappa shape index (κ2) is 6.62. The Balaban J connectivity index is 1.93. The van der Waals surface area contributed by atoms with Crippen LogP contribution in [0.25, 0.3) is 5.69 Å². The van der Waals surface area contributed by atoms with Gasteiger partial charge in [-0.05, 0) is 32.0 Å². The number of nitrogens with one attached hydrogen (secondary N) is 1. The molecule has 3 rings (SSSR count). The minimum Gasteiger partial charge on any atom is -0.361 e. The fourth-order valence-corrected chi connectivity index (χ4v) is 2.45. The Hall–Kier alpha value is -3.17. The summed E-state index contributed by atoms with van der Waals surface area (Å²) in [6.45, 7) is 3.35. The van der Waals surface area contributed by atoms with Crippen molar-refractivity contribution in [2.24, 2.45) is 0 Å².